The molecule has 1 aliphatic carbocycles. The molecule has 0 amide bonds. The van der Waals surface area contributed by atoms with Crippen molar-refractivity contribution in [3.63, 3.8) is 0 Å². The van der Waals surface area contributed by atoms with E-state index in [0.29, 0.717) is 0 Å². The molecule has 0 aliphatic heterocycles. The van der Waals surface area contributed by atoms with E-state index < -0.39 is 0 Å². The molecule has 3 nitrogen and oxygen atoms in total. The molecule has 0 bridgehead atoms. The highest BCUT2D eigenvalue weighted by atomic mass is 16.5. The van der Waals surface area contributed by atoms with Gasteiger partial charge in [0, 0.05) is 25.6 Å². The molecule has 1 saturated carbocycles. The second kappa shape index (κ2) is 6.40. The first kappa shape index (κ1) is 14.4. The van der Waals surface area contributed by atoms with Crippen molar-refractivity contribution in [2.45, 2.75) is 25.2 Å². The number of hydrogen-bond acceptors (Lipinski definition) is 3. The summed E-state index contributed by atoms with van der Waals surface area (Å²) in [5, 5.41) is 3.52. The lowest BCUT2D eigenvalue weighted by atomic mass is 9.59. The van der Waals surface area contributed by atoms with Gasteiger partial charge < -0.3 is 14.8 Å². The van der Waals surface area contributed by atoms with Gasteiger partial charge in [0.1, 0.15) is 5.75 Å². The highest BCUT2D eigenvalue weighted by molar-refractivity contribution is 5.36. The van der Waals surface area contributed by atoms with Crippen LogP contribution < -0.4 is 10.1 Å². The van der Waals surface area contributed by atoms with Gasteiger partial charge in [0.05, 0.1) is 13.7 Å². The maximum atomic E-state index is 5.35. The van der Waals surface area contributed by atoms with Crippen LogP contribution in [0.2, 0.25) is 0 Å². The van der Waals surface area contributed by atoms with Gasteiger partial charge in [0.25, 0.3) is 0 Å². The summed E-state index contributed by atoms with van der Waals surface area (Å²) in [7, 11) is 3.47. The van der Waals surface area contributed by atoms with Crippen molar-refractivity contribution in [1.29, 1.82) is 0 Å². The molecule has 0 heterocycles. The molecule has 1 aliphatic rings. The number of ether oxygens (including phenoxy) is 2. The molecule has 0 aromatic heterocycles. The topological polar surface area (TPSA) is 30.5 Å². The molecule has 1 fully saturated rings. The van der Waals surface area contributed by atoms with Gasteiger partial charge in [-0.15, -0.1) is 0 Å². The Labute approximate surface area is 116 Å². The van der Waals surface area contributed by atoms with Gasteiger partial charge in [-0.25, -0.2) is 0 Å². The fourth-order valence-electron chi connectivity index (χ4n) is 3.21. The average molecular weight is 263 g/mol. The van der Waals surface area contributed by atoms with E-state index in [1.807, 2.05) is 6.07 Å². The molecular formula is C16H25NO2. The van der Waals surface area contributed by atoms with Crippen LogP contribution in [0.4, 0.5) is 0 Å². The highest BCUT2D eigenvalue weighted by Gasteiger charge is 2.43. The molecule has 1 aromatic carbocycles. The van der Waals surface area contributed by atoms with Gasteiger partial charge >= 0.3 is 0 Å². The quantitative estimate of drug-likeness (QED) is 0.767. The van der Waals surface area contributed by atoms with Crippen LogP contribution >= 0.6 is 0 Å². The molecule has 0 atom stereocenters. The van der Waals surface area contributed by atoms with Crippen molar-refractivity contribution in [2.24, 2.45) is 5.92 Å². The minimum Gasteiger partial charge on any atom is -0.497 e. The number of nitrogens with one attached hydrogen (secondary N) is 1. The summed E-state index contributed by atoms with van der Waals surface area (Å²) < 4.78 is 10.4. The second-order valence-corrected chi connectivity index (χ2v) is 5.70. The van der Waals surface area contributed by atoms with E-state index in [1.165, 1.54) is 18.4 Å². The molecule has 1 aromatic rings. The molecule has 1 N–H and O–H groups in total. The van der Waals surface area contributed by atoms with E-state index in [9.17, 15) is 0 Å². The summed E-state index contributed by atoms with van der Waals surface area (Å²) in [5.41, 5.74) is 1.68. The smallest absolute Gasteiger partial charge is 0.119 e. The maximum absolute atomic E-state index is 5.35. The van der Waals surface area contributed by atoms with Crippen LogP contribution in [0.3, 0.4) is 0 Å². The molecule has 0 saturated heterocycles. The largest absolute Gasteiger partial charge is 0.497 e. The third-order valence-corrected chi connectivity index (χ3v) is 4.11. The Morgan fingerprint density at radius 2 is 2.11 bits per heavy atom. The normalized spacial score (nSPS) is 25.9. The molecular weight excluding hydrogens is 238 g/mol. The molecule has 0 radical (unpaired) electrons. The highest BCUT2D eigenvalue weighted by Crippen LogP contribution is 2.47. The Balaban J connectivity index is 2.05. The van der Waals surface area contributed by atoms with Gasteiger partial charge in [-0.05, 0) is 36.5 Å². The Morgan fingerprint density at radius 1 is 1.32 bits per heavy atom. The van der Waals surface area contributed by atoms with Crippen LogP contribution in [0.1, 0.15) is 25.3 Å². The minimum absolute atomic E-state index is 0.279. The van der Waals surface area contributed by atoms with Gasteiger partial charge in [0.15, 0.2) is 0 Å². The van der Waals surface area contributed by atoms with Crippen LogP contribution in [0.5, 0.6) is 5.75 Å². The summed E-state index contributed by atoms with van der Waals surface area (Å²) in [6.45, 7) is 5.03. The predicted octanol–water partition coefficient (Wildman–Crippen LogP) is 2.60. The van der Waals surface area contributed by atoms with Crippen LogP contribution in [0.25, 0.3) is 0 Å². The zero-order chi connectivity index (χ0) is 13.7. The van der Waals surface area contributed by atoms with Crippen LogP contribution in [-0.4, -0.2) is 33.9 Å². The van der Waals surface area contributed by atoms with Crippen LogP contribution in [0.15, 0.2) is 24.3 Å². The summed E-state index contributed by atoms with van der Waals surface area (Å²) in [6, 6.07) is 8.52. The first-order valence-corrected chi connectivity index (χ1v) is 7.04. The van der Waals surface area contributed by atoms with E-state index in [-0.39, 0.29) is 5.41 Å². The fourth-order valence-corrected chi connectivity index (χ4v) is 3.21. The monoisotopic (exact) mass is 263 g/mol. The lowest BCUT2D eigenvalue weighted by molar-refractivity contribution is 0.143. The zero-order valence-electron chi connectivity index (χ0n) is 12.2. The third kappa shape index (κ3) is 3.28. The Morgan fingerprint density at radius 3 is 2.74 bits per heavy atom. The van der Waals surface area contributed by atoms with Gasteiger partial charge in [-0.2, -0.15) is 0 Å². The Bertz CT molecular complexity index is 399. The third-order valence-electron chi connectivity index (χ3n) is 4.11. The van der Waals surface area contributed by atoms with E-state index in [2.05, 4.69) is 30.4 Å². The number of methoxy groups -OCH3 is 2. The molecule has 2 rings (SSSR count). The fraction of sp³-hybridized carbons (Fsp3) is 0.625. The summed E-state index contributed by atoms with van der Waals surface area (Å²) in [6.07, 6.45) is 2.50. The summed E-state index contributed by atoms with van der Waals surface area (Å²) >= 11 is 0. The van der Waals surface area contributed by atoms with Gasteiger partial charge in [-0.3, -0.25) is 0 Å². The van der Waals surface area contributed by atoms with E-state index in [4.69, 9.17) is 9.47 Å². The number of benzene rings is 1. The van der Waals surface area contributed by atoms with E-state index >= 15 is 0 Å². The molecule has 19 heavy (non-hydrogen) atoms. The minimum atomic E-state index is 0.279. The van der Waals surface area contributed by atoms with Crippen LogP contribution in [0, 0.1) is 5.92 Å². The number of hydrogen-bond donors (Lipinski definition) is 1. The van der Waals surface area contributed by atoms with Crippen molar-refractivity contribution < 1.29 is 9.47 Å². The lowest BCUT2D eigenvalue weighted by Gasteiger charge is -2.47. The molecule has 106 valence electrons. The summed E-state index contributed by atoms with van der Waals surface area (Å²) in [4.78, 5) is 0. The van der Waals surface area contributed by atoms with E-state index in [1.54, 1.807) is 14.2 Å². The zero-order valence-corrected chi connectivity index (χ0v) is 12.2. The standard InChI is InChI=1S/C16H25NO2/c1-13-10-16(11-13,12-17-7-8-18-2)14-5-4-6-15(9-14)19-3/h4-6,9,13,17H,7-8,10-12H2,1-3H3. The maximum Gasteiger partial charge on any atom is 0.119 e. The second-order valence-electron chi connectivity index (χ2n) is 5.70. The first-order valence-electron chi connectivity index (χ1n) is 7.04. The number of rotatable bonds is 7. The van der Waals surface area contributed by atoms with Gasteiger partial charge in [0.2, 0.25) is 0 Å². The average Bonchev–Trinajstić information content (AvgIpc) is 2.41. The van der Waals surface area contributed by atoms with Crippen LogP contribution in [-0.2, 0) is 10.2 Å². The van der Waals surface area contributed by atoms with Crippen molar-refractivity contribution in [3.05, 3.63) is 29.8 Å². The van der Waals surface area contributed by atoms with Crippen molar-refractivity contribution in [2.75, 3.05) is 33.9 Å². The molecule has 0 spiro atoms. The first-order chi connectivity index (χ1) is 9.20. The van der Waals surface area contributed by atoms with Crippen molar-refractivity contribution in [1.82, 2.24) is 5.32 Å². The lowest BCUT2D eigenvalue weighted by Crippen LogP contribution is -2.48. The molecule has 3 heteroatoms. The predicted molar refractivity (Wildman–Crippen MR) is 77.8 cm³/mol. The summed E-state index contributed by atoms with van der Waals surface area (Å²) in [5.74, 6) is 1.77. The SMILES string of the molecule is COCCNCC1(c2cccc(OC)c2)CC(C)C1. The van der Waals surface area contributed by atoms with Crippen molar-refractivity contribution >= 4 is 0 Å². The Kier molecular flexibility index (Phi) is 4.83. The Hall–Kier alpha value is -1.06. The molecule has 0 unspecified atom stereocenters. The van der Waals surface area contributed by atoms with Crippen molar-refractivity contribution in [3.8, 4) is 5.75 Å². The van der Waals surface area contributed by atoms with E-state index in [0.717, 1.165) is 31.4 Å². The van der Waals surface area contributed by atoms with Gasteiger partial charge in [-0.1, -0.05) is 19.1 Å².